The summed E-state index contributed by atoms with van der Waals surface area (Å²) in [5.74, 6) is 0.140. The van der Waals surface area contributed by atoms with E-state index in [9.17, 15) is 4.79 Å². The molecule has 1 N–H and O–H groups in total. The van der Waals surface area contributed by atoms with E-state index in [1.165, 1.54) is 11.1 Å². The second-order valence-electron chi connectivity index (χ2n) is 6.16. The maximum absolute atomic E-state index is 12.6. The Bertz CT molecular complexity index is 693. The maximum atomic E-state index is 12.6. The molecular formula is C19H22BrN2O+. The van der Waals surface area contributed by atoms with Gasteiger partial charge in [0.05, 0.1) is 26.2 Å². The van der Waals surface area contributed by atoms with E-state index in [1.54, 1.807) is 4.90 Å². The topological polar surface area (TPSA) is 24.8 Å². The average Bonchev–Trinajstić information content (AvgIpc) is 2.57. The average molecular weight is 374 g/mol. The molecule has 1 heterocycles. The van der Waals surface area contributed by atoms with Crippen LogP contribution in [0.1, 0.15) is 21.5 Å². The van der Waals surface area contributed by atoms with Gasteiger partial charge in [-0.2, -0.15) is 0 Å². The summed E-state index contributed by atoms with van der Waals surface area (Å²) in [6.45, 7) is 6.88. The fourth-order valence-electron chi connectivity index (χ4n) is 3.08. The lowest BCUT2D eigenvalue weighted by Gasteiger charge is -2.32. The summed E-state index contributed by atoms with van der Waals surface area (Å²) >= 11 is 3.43. The first-order valence-electron chi connectivity index (χ1n) is 8.06. The lowest BCUT2D eigenvalue weighted by Crippen LogP contribution is -3.13. The van der Waals surface area contributed by atoms with Crippen LogP contribution >= 0.6 is 15.9 Å². The Kier molecular flexibility index (Phi) is 5.13. The van der Waals surface area contributed by atoms with Crippen LogP contribution in [0.2, 0.25) is 0 Å². The number of halogens is 1. The molecule has 1 fully saturated rings. The molecule has 0 aliphatic carbocycles. The summed E-state index contributed by atoms with van der Waals surface area (Å²) in [5.41, 5.74) is 3.53. The van der Waals surface area contributed by atoms with Crippen molar-refractivity contribution in [2.24, 2.45) is 0 Å². The van der Waals surface area contributed by atoms with Crippen LogP contribution in [0.4, 0.5) is 0 Å². The summed E-state index contributed by atoms with van der Waals surface area (Å²) in [5, 5.41) is 0. The summed E-state index contributed by atoms with van der Waals surface area (Å²) < 4.78 is 0.951. The molecule has 0 radical (unpaired) electrons. The molecule has 1 amide bonds. The van der Waals surface area contributed by atoms with Gasteiger partial charge in [0.2, 0.25) is 0 Å². The van der Waals surface area contributed by atoms with Crippen molar-refractivity contribution in [2.75, 3.05) is 26.2 Å². The van der Waals surface area contributed by atoms with Crippen molar-refractivity contribution in [3.8, 4) is 0 Å². The van der Waals surface area contributed by atoms with Gasteiger partial charge in [-0.05, 0) is 30.7 Å². The molecule has 1 saturated heterocycles. The highest BCUT2D eigenvalue weighted by atomic mass is 79.9. The van der Waals surface area contributed by atoms with Crippen LogP contribution in [-0.4, -0.2) is 37.0 Å². The Morgan fingerprint density at radius 2 is 1.87 bits per heavy atom. The minimum Gasteiger partial charge on any atom is -0.328 e. The van der Waals surface area contributed by atoms with Gasteiger partial charge in [0.1, 0.15) is 6.54 Å². The van der Waals surface area contributed by atoms with E-state index in [1.807, 2.05) is 29.2 Å². The third kappa shape index (κ3) is 4.01. The molecule has 0 aromatic heterocycles. The fourth-order valence-corrected chi connectivity index (χ4v) is 3.48. The summed E-state index contributed by atoms with van der Waals surface area (Å²) in [7, 11) is 0. The van der Waals surface area contributed by atoms with Crippen molar-refractivity contribution in [3.05, 3.63) is 69.7 Å². The first kappa shape index (κ1) is 16.2. The Balaban J connectivity index is 1.58. The molecule has 23 heavy (non-hydrogen) atoms. The van der Waals surface area contributed by atoms with Crippen LogP contribution in [0, 0.1) is 6.92 Å². The third-order valence-corrected chi connectivity index (χ3v) is 5.02. The monoisotopic (exact) mass is 373 g/mol. The van der Waals surface area contributed by atoms with Gasteiger partial charge in [-0.1, -0.05) is 46.3 Å². The summed E-state index contributed by atoms with van der Waals surface area (Å²) in [4.78, 5) is 16.1. The van der Waals surface area contributed by atoms with Gasteiger partial charge in [-0.3, -0.25) is 4.79 Å². The molecule has 1 aliphatic heterocycles. The van der Waals surface area contributed by atoms with Gasteiger partial charge in [0.15, 0.2) is 0 Å². The number of aryl methyl sites for hydroxylation is 1. The van der Waals surface area contributed by atoms with Crippen molar-refractivity contribution >= 4 is 21.8 Å². The van der Waals surface area contributed by atoms with E-state index in [0.29, 0.717) is 0 Å². The Morgan fingerprint density at radius 3 is 2.57 bits per heavy atom. The molecule has 2 aromatic rings. The second-order valence-corrected chi connectivity index (χ2v) is 7.07. The number of benzene rings is 2. The zero-order valence-electron chi connectivity index (χ0n) is 13.4. The molecule has 3 nitrogen and oxygen atoms in total. The summed E-state index contributed by atoms with van der Waals surface area (Å²) in [6.07, 6.45) is 0. The number of nitrogens with zero attached hydrogens (tertiary/aromatic N) is 1. The van der Waals surface area contributed by atoms with Gasteiger partial charge in [-0.25, -0.2) is 0 Å². The van der Waals surface area contributed by atoms with Crippen molar-refractivity contribution in [1.82, 2.24) is 4.90 Å². The number of rotatable bonds is 3. The molecule has 0 saturated carbocycles. The number of hydrogen-bond donors (Lipinski definition) is 1. The number of carbonyl (C=O) groups is 1. The minimum atomic E-state index is 0.140. The van der Waals surface area contributed by atoms with Crippen molar-refractivity contribution in [2.45, 2.75) is 13.5 Å². The minimum absolute atomic E-state index is 0.140. The zero-order valence-corrected chi connectivity index (χ0v) is 15.0. The molecule has 0 unspecified atom stereocenters. The number of carbonyl (C=O) groups excluding carboxylic acids is 1. The number of nitrogens with one attached hydrogen (secondary N) is 1. The summed E-state index contributed by atoms with van der Waals surface area (Å²) in [6, 6.07) is 16.2. The number of quaternary nitrogens is 1. The fraction of sp³-hybridized carbons (Fsp3) is 0.316. The SMILES string of the molecule is Cc1ccccc1C[NH+]1CCN(C(=O)c2cccc(Br)c2)CC1. The standard InChI is InChI=1S/C19H21BrN2O/c1-15-5-2-3-6-17(15)14-21-9-11-22(12-10-21)19(23)16-7-4-8-18(20)13-16/h2-8,13H,9-12,14H2,1H3/p+1. The maximum Gasteiger partial charge on any atom is 0.254 e. The molecular weight excluding hydrogens is 352 g/mol. The van der Waals surface area contributed by atoms with E-state index in [4.69, 9.17) is 0 Å². The predicted octanol–water partition coefficient (Wildman–Crippen LogP) is 2.30. The highest BCUT2D eigenvalue weighted by Crippen LogP contribution is 2.13. The Labute approximate surface area is 146 Å². The lowest BCUT2D eigenvalue weighted by molar-refractivity contribution is -0.917. The Hall–Kier alpha value is -1.65. The first-order valence-corrected chi connectivity index (χ1v) is 8.86. The molecule has 0 atom stereocenters. The van der Waals surface area contributed by atoms with Crippen LogP contribution in [-0.2, 0) is 6.54 Å². The Morgan fingerprint density at radius 1 is 1.13 bits per heavy atom. The van der Waals surface area contributed by atoms with Crippen molar-refractivity contribution < 1.29 is 9.69 Å². The smallest absolute Gasteiger partial charge is 0.254 e. The molecule has 120 valence electrons. The van der Waals surface area contributed by atoms with Gasteiger partial charge in [0.25, 0.3) is 5.91 Å². The normalized spacial score (nSPS) is 15.7. The highest BCUT2D eigenvalue weighted by Gasteiger charge is 2.24. The first-order chi connectivity index (χ1) is 11.1. The largest absolute Gasteiger partial charge is 0.328 e. The van der Waals surface area contributed by atoms with E-state index >= 15 is 0 Å². The molecule has 0 bridgehead atoms. The van der Waals surface area contributed by atoms with Crippen molar-refractivity contribution in [3.63, 3.8) is 0 Å². The van der Waals surface area contributed by atoms with Gasteiger partial charge < -0.3 is 9.80 Å². The lowest BCUT2D eigenvalue weighted by atomic mass is 10.1. The molecule has 0 spiro atoms. The van der Waals surface area contributed by atoms with E-state index in [0.717, 1.165) is 42.8 Å². The number of amides is 1. The van der Waals surface area contributed by atoms with Crippen LogP contribution in [0.3, 0.4) is 0 Å². The van der Waals surface area contributed by atoms with Gasteiger partial charge in [-0.15, -0.1) is 0 Å². The molecule has 2 aromatic carbocycles. The van der Waals surface area contributed by atoms with Crippen LogP contribution < -0.4 is 4.90 Å². The molecule has 1 aliphatic rings. The highest BCUT2D eigenvalue weighted by molar-refractivity contribution is 9.10. The molecule has 3 rings (SSSR count). The van der Waals surface area contributed by atoms with Crippen molar-refractivity contribution in [1.29, 1.82) is 0 Å². The van der Waals surface area contributed by atoms with E-state index in [-0.39, 0.29) is 5.91 Å². The zero-order chi connectivity index (χ0) is 16.2. The van der Waals surface area contributed by atoms with Gasteiger partial charge >= 0.3 is 0 Å². The number of piperazine rings is 1. The van der Waals surface area contributed by atoms with Crippen LogP contribution in [0.15, 0.2) is 53.0 Å². The quantitative estimate of drug-likeness (QED) is 0.876. The molecule has 4 heteroatoms. The van der Waals surface area contributed by atoms with Gasteiger partial charge in [0, 0.05) is 15.6 Å². The van der Waals surface area contributed by atoms with E-state index in [2.05, 4.69) is 47.1 Å². The van der Waals surface area contributed by atoms with Crippen LogP contribution in [0.25, 0.3) is 0 Å². The number of hydrogen-bond acceptors (Lipinski definition) is 1. The second kappa shape index (κ2) is 7.28. The third-order valence-electron chi connectivity index (χ3n) is 4.53. The van der Waals surface area contributed by atoms with E-state index < -0.39 is 0 Å². The predicted molar refractivity (Wildman–Crippen MR) is 95.6 cm³/mol. The van der Waals surface area contributed by atoms with Crippen LogP contribution in [0.5, 0.6) is 0 Å².